The van der Waals surface area contributed by atoms with Crippen LogP contribution in [-0.4, -0.2) is 17.0 Å². The van der Waals surface area contributed by atoms with E-state index in [4.69, 9.17) is 21.4 Å². The molecular weight excluding hydrogens is 376 g/mol. The molecule has 0 bridgehead atoms. The largest absolute Gasteiger partial charge is 0.478 e. The van der Waals surface area contributed by atoms with Crippen molar-refractivity contribution in [3.8, 4) is 5.75 Å². The number of aryl methyl sites for hydroxylation is 1. The number of hydrogen-bond donors (Lipinski definition) is 1. The molecule has 148 valence electrons. The molecule has 2 aromatic carbocycles. The standard InChI is InChI=1S/C23H25ClO4/c1-2-3-4-5-6-7-17-8-10-18(11-9-17)12-15-22(25)28-19-13-14-20(23(26)27)21(24)16-19/h8-16H,2-7H2,1H3,(H,26,27)/b15-12+. The Balaban J connectivity index is 1.85. The van der Waals surface area contributed by atoms with E-state index in [0.29, 0.717) is 0 Å². The van der Waals surface area contributed by atoms with Crippen LogP contribution in [0.15, 0.2) is 48.5 Å². The summed E-state index contributed by atoms with van der Waals surface area (Å²) in [6, 6.07) is 12.1. The maximum absolute atomic E-state index is 11.9. The zero-order valence-electron chi connectivity index (χ0n) is 16.0. The van der Waals surface area contributed by atoms with Crippen molar-refractivity contribution in [1.82, 2.24) is 0 Å². The summed E-state index contributed by atoms with van der Waals surface area (Å²) >= 11 is 5.87. The molecule has 0 unspecified atom stereocenters. The molecule has 1 N–H and O–H groups in total. The molecule has 28 heavy (non-hydrogen) atoms. The van der Waals surface area contributed by atoms with Crippen molar-refractivity contribution in [1.29, 1.82) is 0 Å². The van der Waals surface area contributed by atoms with Crippen molar-refractivity contribution in [3.05, 3.63) is 70.3 Å². The molecule has 0 saturated heterocycles. The first kappa shape index (κ1) is 21.7. The lowest BCUT2D eigenvalue weighted by molar-refractivity contribution is -0.128. The zero-order chi connectivity index (χ0) is 20.4. The van der Waals surface area contributed by atoms with E-state index in [9.17, 15) is 9.59 Å². The fourth-order valence-corrected chi connectivity index (χ4v) is 3.03. The highest BCUT2D eigenvalue weighted by atomic mass is 35.5. The number of carboxylic acid groups (broad SMARTS) is 1. The Morgan fingerprint density at radius 3 is 2.39 bits per heavy atom. The van der Waals surface area contributed by atoms with Gasteiger partial charge in [0.15, 0.2) is 0 Å². The van der Waals surface area contributed by atoms with Crippen molar-refractivity contribution in [2.75, 3.05) is 0 Å². The summed E-state index contributed by atoms with van der Waals surface area (Å²) in [7, 11) is 0. The van der Waals surface area contributed by atoms with Crippen LogP contribution in [0, 0.1) is 0 Å². The van der Waals surface area contributed by atoms with E-state index in [1.54, 1.807) is 6.08 Å². The van der Waals surface area contributed by atoms with E-state index in [1.165, 1.54) is 61.9 Å². The lowest BCUT2D eigenvalue weighted by Crippen LogP contribution is -2.04. The van der Waals surface area contributed by atoms with Crippen molar-refractivity contribution in [3.63, 3.8) is 0 Å². The highest BCUT2D eigenvalue weighted by Gasteiger charge is 2.10. The summed E-state index contributed by atoms with van der Waals surface area (Å²) < 4.78 is 5.16. The minimum absolute atomic E-state index is 0.0204. The predicted molar refractivity (Wildman–Crippen MR) is 112 cm³/mol. The lowest BCUT2D eigenvalue weighted by Gasteiger charge is -2.04. The number of carbonyl (C=O) groups is 2. The van der Waals surface area contributed by atoms with Crippen molar-refractivity contribution in [2.45, 2.75) is 45.4 Å². The molecule has 4 nitrogen and oxygen atoms in total. The third kappa shape index (κ3) is 7.20. The van der Waals surface area contributed by atoms with E-state index >= 15 is 0 Å². The molecule has 0 fully saturated rings. The van der Waals surface area contributed by atoms with Crippen LogP contribution in [0.1, 0.15) is 60.5 Å². The Morgan fingerprint density at radius 2 is 1.75 bits per heavy atom. The average molecular weight is 401 g/mol. The Labute approximate surface area is 170 Å². The Hall–Kier alpha value is -2.59. The molecule has 5 heteroatoms. The van der Waals surface area contributed by atoms with E-state index in [-0.39, 0.29) is 16.3 Å². The van der Waals surface area contributed by atoms with Gasteiger partial charge in [0.2, 0.25) is 0 Å². The number of rotatable bonds is 10. The Morgan fingerprint density at radius 1 is 1.04 bits per heavy atom. The molecule has 0 atom stereocenters. The molecule has 0 saturated carbocycles. The molecular formula is C23H25ClO4. The van der Waals surface area contributed by atoms with Crippen molar-refractivity contribution >= 4 is 29.6 Å². The van der Waals surface area contributed by atoms with Gasteiger partial charge in [-0.1, -0.05) is 68.5 Å². The van der Waals surface area contributed by atoms with E-state index < -0.39 is 11.9 Å². The van der Waals surface area contributed by atoms with Gasteiger partial charge in [-0.3, -0.25) is 0 Å². The van der Waals surface area contributed by atoms with Crippen LogP contribution in [0.2, 0.25) is 5.02 Å². The number of unbranched alkanes of at least 4 members (excludes halogenated alkanes) is 4. The van der Waals surface area contributed by atoms with Gasteiger partial charge in [0.25, 0.3) is 0 Å². The number of esters is 1. The van der Waals surface area contributed by atoms with Crippen LogP contribution in [0.3, 0.4) is 0 Å². The Bertz CT molecular complexity index is 825. The number of carbonyl (C=O) groups excluding carboxylic acids is 1. The maximum atomic E-state index is 11.9. The summed E-state index contributed by atoms with van der Waals surface area (Å²) in [6.45, 7) is 2.21. The number of halogens is 1. The van der Waals surface area contributed by atoms with Crippen LogP contribution in [0.25, 0.3) is 6.08 Å². The van der Waals surface area contributed by atoms with Gasteiger partial charge in [-0.25, -0.2) is 9.59 Å². The topological polar surface area (TPSA) is 63.6 Å². The molecule has 0 aliphatic rings. The fraction of sp³-hybridized carbons (Fsp3) is 0.304. The van der Waals surface area contributed by atoms with E-state index in [2.05, 4.69) is 19.1 Å². The number of carboxylic acids is 1. The quantitative estimate of drug-likeness (QED) is 0.224. The van der Waals surface area contributed by atoms with Crippen LogP contribution < -0.4 is 4.74 Å². The molecule has 0 spiro atoms. The minimum atomic E-state index is -1.13. The highest BCUT2D eigenvalue weighted by molar-refractivity contribution is 6.33. The van der Waals surface area contributed by atoms with Crippen LogP contribution in [0.5, 0.6) is 5.75 Å². The second-order valence-corrected chi connectivity index (χ2v) is 7.01. The summed E-state index contributed by atoms with van der Waals surface area (Å²) in [6.07, 6.45) is 10.4. The molecule has 0 heterocycles. The van der Waals surface area contributed by atoms with Crippen LogP contribution in [0.4, 0.5) is 0 Å². The van der Waals surface area contributed by atoms with Crippen LogP contribution >= 0.6 is 11.6 Å². The summed E-state index contributed by atoms with van der Waals surface area (Å²) in [5.41, 5.74) is 2.16. The Kier molecular flexibility index (Phi) is 8.76. The second-order valence-electron chi connectivity index (χ2n) is 6.61. The van der Waals surface area contributed by atoms with E-state index in [0.717, 1.165) is 12.0 Å². The first-order chi connectivity index (χ1) is 13.5. The van der Waals surface area contributed by atoms with Gasteiger partial charge in [-0.2, -0.15) is 0 Å². The van der Waals surface area contributed by atoms with Crippen LogP contribution in [-0.2, 0) is 11.2 Å². The molecule has 0 amide bonds. The molecule has 0 aliphatic heterocycles. The van der Waals surface area contributed by atoms with Gasteiger partial charge in [-0.15, -0.1) is 0 Å². The lowest BCUT2D eigenvalue weighted by atomic mass is 10.0. The first-order valence-corrected chi connectivity index (χ1v) is 9.89. The predicted octanol–water partition coefficient (Wildman–Crippen LogP) is 6.17. The molecule has 2 rings (SSSR count). The minimum Gasteiger partial charge on any atom is -0.478 e. The smallest absolute Gasteiger partial charge is 0.337 e. The first-order valence-electron chi connectivity index (χ1n) is 9.51. The summed E-state index contributed by atoms with van der Waals surface area (Å²) in [5, 5.41) is 8.97. The van der Waals surface area contributed by atoms with Gasteiger partial charge in [0.1, 0.15) is 5.75 Å². The zero-order valence-corrected chi connectivity index (χ0v) is 16.7. The third-order valence-corrected chi connectivity index (χ3v) is 4.66. The summed E-state index contributed by atoms with van der Waals surface area (Å²) in [4.78, 5) is 22.9. The fourth-order valence-electron chi connectivity index (χ4n) is 2.78. The number of benzene rings is 2. The summed E-state index contributed by atoms with van der Waals surface area (Å²) in [5.74, 6) is -1.49. The monoisotopic (exact) mass is 400 g/mol. The normalized spacial score (nSPS) is 10.9. The SMILES string of the molecule is CCCCCCCc1ccc(/C=C/C(=O)Oc2ccc(C(=O)O)c(Cl)c2)cc1. The second kappa shape index (κ2) is 11.3. The maximum Gasteiger partial charge on any atom is 0.337 e. The number of hydrogen-bond acceptors (Lipinski definition) is 3. The molecule has 0 radical (unpaired) electrons. The van der Waals surface area contributed by atoms with Crippen molar-refractivity contribution in [2.24, 2.45) is 0 Å². The van der Waals surface area contributed by atoms with E-state index in [1.807, 2.05) is 12.1 Å². The highest BCUT2D eigenvalue weighted by Crippen LogP contribution is 2.23. The molecule has 2 aromatic rings. The van der Waals surface area contributed by atoms with Gasteiger partial charge < -0.3 is 9.84 Å². The number of ether oxygens (including phenoxy) is 1. The van der Waals surface area contributed by atoms with Gasteiger partial charge in [-0.05, 0) is 42.2 Å². The molecule has 0 aromatic heterocycles. The van der Waals surface area contributed by atoms with Gasteiger partial charge in [0.05, 0.1) is 10.6 Å². The van der Waals surface area contributed by atoms with Gasteiger partial charge >= 0.3 is 11.9 Å². The van der Waals surface area contributed by atoms with Crippen molar-refractivity contribution < 1.29 is 19.4 Å². The number of aromatic carboxylic acids is 1. The molecule has 0 aliphatic carbocycles. The van der Waals surface area contributed by atoms with Gasteiger partial charge in [0, 0.05) is 12.1 Å². The third-order valence-electron chi connectivity index (χ3n) is 4.35. The average Bonchev–Trinajstić information content (AvgIpc) is 2.67.